The quantitative estimate of drug-likeness (QED) is 0.773. The maximum atomic E-state index is 10.4. The van der Waals surface area contributed by atoms with E-state index in [1.54, 1.807) is 17.5 Å². The van der Waals surface area contributed by atoms with E-state index in [2.05, 4.69) is 27.0 Å². The van der Waals surface area contributed by atoms with E-state index in [1.165, 1.54) is 4.88 Å². The van der Waals surface area contributed by atoms with E-state index in [-0.39, 0.29) is 0 Å². The number of aliphatic hydroxyl groups excluding tert-OH is 1. The highest BCUT2D eigenvalue weighted by molar-refractivity contribution is 9.10. The van der Waals surface area contributed by atoms with Gasteiger partial charge in [-0.25, -0.2) is 0 Å². The Balaban J connectivity index is 1.95. The second kappa shape index (κ2) is 5.41. The van der Waals surface area contributed by atoms with Crippen molar-refractivity contribution in [2.75, 3.05) is 0 Å². The van der Waals surface area contributed by atoms with Crippen LogP contribution in [0.1, 0.15) is 16.5 Å². The third-order valence-electron chi connectivity index (χ3n) is 3.06. The molecule has 0 saturated carbocycles. The number of nitrogens with zero attached hydrogens (tertiary/aromatic N) is 1. The van der Waals surface area contributed by atoms with Gasteiger partial charge in [-0.3, -0.25) is 4.98 Å². The lowest BCUT2D eigenvalue weighted by Crippen LogP contribution is -2.01. The van der Waals surface area contributed by atoms with Gasteiger partial charge in [0.25, 0.3) is 0 Å². The smallest absolute Gasteiger partial charge is 0.0845 e. The van der Waals surface area contributed by atoms with Crippen molar-refractivity contribution in [1.82, 2.24) is 4.98 Å². The highest BCUT2D eigenvalue weighted by atomic mass is 79.9. The van der Waals surface area contributed by atoms with Gasteiger partial charge in [0.1, 0.15) is 0 Å². The van der Waals surface area contributed by atoms with Crippen LogP contribution in [0.2, 0.25) is 0 Å². The molecule has 3 aromatic rings. The molecule has 0 fully saturated rings. The van der Waals surface area contributed by atoms with Gasteiger partial charge in [-0.05, 0) is 39.7 Å². The lowest BCUT2D eigenvalue weighted by Gasteiger charge is -2.12. The molecule has 1 aromatic carbocycles. The van der Waals surface area contributed by atoms with Crippen molar-refractivity contribution in [2.45, 2.75) is 12.5 Å². The lowest BCUT2D eigenvalue weighted by atomic mass is 10.0. The molecule has 1 atom stereocenters. The predicted molar refractivity (Wildman–Crippen MR) is 82.4 cm³/mol. The molecular formula is C15H12BrNOS. The number of pyridine rings is 1. The first-order chi connectivity index (χ1) is 9.24. The summed E-state index contributed by atoms with van der Waals surface area (Å²) in [5.41, 5.74) is 1.86. The van der Waals surface area contributed by atoms with E-state index in [0.717, 1.165) is 20.9 Å². The molecule has 0 aliphatic rings. The topological polar surface area (TPSA) is 33.1 Å². The van der Waals surface area contributed by atoms with Gasteiger partial charge in [-0.1, -0.05) is 18.2 Å². The summed E-state index contributed by atoms with van der Waals surface area (Å²) in [6.45, 7) is 0. The second-order valence-corrected chi connectivity index (χ2v) is 6.28. The highest BCUT2D eigenvalue weighted by Gasteiger charge is 2.13. The number of aliphatic hydroxyl groups is 1. The Bertz CT molecular complexity index is 705. The van der Waals surface area contributed by atoms with Crippen LogP contribution in [0.25, 0.3) is 10.9 Å². The summed E-state index contributed by atoms with van der Waals surface area (Å²) >= 11 is 5.09. The van der Waals surface area contributed by atoms with Crippen molar-refractivity contribution >= 4 is 38.2 Å². The van der Waals surface area contributed by atoms with E-state index in [4.69, 9.17) is 0 Å². The zero-order valence-corrected chi connectivity index (χ0v) is 12.5. The third kappa shape index (κ3) is 2.71. The summed E-state index contributed by atoms with van der Waals surface area (Å²) in [5.74, 6) is 0. The van der Waals surface area contributed by atoms with E-state index < -0.39 is 6.10 Å². The minimum atomic E-state index is -0.501. The molecular weight excluding hydrogens is 322 g/mol. The largest absolute Gasteiger partial charge is 0.388 e. The van der Waals surface area contributed by atoms with Crippen LogP contribution in [0.4, 0.5) is 0 Å². The Morgan fingerprint density at radius 3 is 2.89 bits per heavy atom. The molecule has 0 saturated heterocycles. The molecule has 0 spiro atoms. The molecule has 1 N–H and O–H groups in total. The molecule has 0 bridgehead atoms. The summed E-state index contributed by atoms with van der Waals surface area (Å²) in [5, 5.41) is 13.5. The standard InChI is InChI=1S/C15H12BrNOS/c16-10-7-11(19-9-10)8-15(18)13-5-6-17-14-4-2-1-3-12(13)14/h1-7,9,15,18H,8H2. The maximum absolute atomic E-state index is 10.4. The SMILES string of the molecule is OC(Cc1cc(Br)cs1)c1ccnc2ccccc12. The Morgan fingerprint density at radius 2 is 2.11 bits per heavy atom. The fraction of sp³-hybridized carbons (Fsp3) is 0.133. The van der Waals surface area contributed by atoms with Gasteiger partial charge in [0.05, 0.1) is 11.6 Å². The van der Waals surface area contributed by atoms with Gasteiger partial charge >= 0.3 is 0 Å². The van der Waals surface area contributed by atoms with Crippen LogP contribution in [0.3, 0.4) is 0 Å². The van der Waals surface area contributed by atoms with Crippen molar-refractivity contribution in [3.8, 4) is 0 Å². The zero-order chi connectivity index (χ0) is 13.2. The fourth-order valence-electron chi connectivity index (χ4n) is 2.17. The Kier molecular flexibility index (Phi) is 3.64. The minimum absolute atomic E-state index is 0.501. The van der Waals surface area contributed by atoms with E-state index >= 15 is 0 Å². The number of rotatable bonds is 3. The number of thiophene rings is 1. The average Bonchev–Trinajstić information content (AvgIpc) is 2.83. The first kappa shape index (κ1) is 12.8. The van der Waals surface area contributed by atoms with Crippen molar-refractivity contribution in [3.63, 3.8) is 0 Å². The molecule has 2 aromatic heterocycles. The third-order valence-corrected chi connectivity index (χ3v) is 4.78. The fourth-order valence-corrected chi connectivity index (χ4v) is 3.66. The van der Waals surface area contributed by atoms with Gasteiger partial charge < -0.3 is 5.11 Å². The predicted octanol–water partition coefficient (Wildman–Crippen LogP) is 4.33. The maximum Gasteiger partial charge on any atom is 0.0845 e. The van der Waals surface area contributed by atoms with Crippen LogP contribution in [0.15, 0.2) is 52.4 Å². The van der Waals surface area contributed by atoms with Gasteiger partial charge in [-0.15, -0.1) is 11.3 Å². The number of para-hydroxylation sites is 1. The number of benzene rings is 1. The van der Waals surface area contributed by atoms with Crippen LogP contribution in [-0.4, -0.2) is 10.1 Å². The average molecular weight is 334 g/mol. The summed E-state index contributed by atoms with van der Waals surface area (Å²) in [6.07, 6.45) is 1.88. The van der Waals surface area contributed by atoms with E-state index in [1.807, 2.05) is 35.7 Å². The molecule has 96 valence electrons. The lowest BCUT2D eigenvalue weighted by molar-refractivity contribution is 0.181. The summed E-state index contributed by atoms with van der Waals surface area (Å²) in [4.78, 5) is 5.49. The molecule has 0 amide bonds. The van der Waals surface area contributed by atoms with Crippen LogP contribution < -0.4 is 0 Å². The first-order valence-corrected chi connectivity index (χ1v) is 7.66. The number of fused-ring (bicyclic) bond motifs is 1. The minimum Gasteiger partial charge on any atom is -0.388 e. The number of hydrogen-bond donors (Lipinski definition) is 1. The summed E-state index contributed by atoms with van der Waals surface area (Å²) < 4.78 is 1.07. The van der Waals surface area contributed by atoms with E-state index in [0.29, 0.717) is 6.42 Å². The zero-order valence-electron chi connectivity index (χ0n) is 10.1. The van der Waals surface area contributed by atoms with Crippen molar-refractivity contribution in [1.29, 1.82) is 0 Å². The molecule has 2 nitrogen and oxygen atoms in total. The molecule has 0 aliphatic heterocycles. The Morgan fingerprint density at radius 1 is 1.26 bits per heavy atom. The van der Waals surface area contributed by atoms with Crippen molar-refractivity contribution in [2.24, 2.45) is 0 Å². The van der Waals surface area contributed by atoms with Crippen LogP contribution in [0.5, 0.6) is 0 Å². The monoisotopic (exact) mass is 333 g/mol. The van der Waals surface area contributed by atoms with Crippen LogP contribution in [0, 0.1) is 0 Å². The van der Waals surface area contributed by atoms with Crippen LogP contribution in [-0.2, 0) is 6.42 Å². The molecule has 2 heterocycles. The molecule has 1 unspecified atom stereocenters. The van der Waals surface area contributed by atoms with Gasteiger partial charge in [0.15, 0.2) is 0 Å². The van der Waals surface area contributed by atoms with Crippen molar-refractivity contribution in [3.05, 3.63) is 62.9 Å². The number of aromatic nitrogens is 1. The van der Waals surface area contributed by atoms with Crippen LogP contribution >= 0.6 is 27.3 Å². The number of halogens is 1. The highest BCUT2D eigenvalue weighted by Crippen LogP contribution is 2.28. The van der Waals surface area contributed by atoms with Gasteiger partial charge in [0, 0.05) is 32.7 Å². The van der Waals surface area contributed by atoms with Gasteiger partial charge in [0.2, 0.25) is 0 Å². The Hall–Kier alpha value is -1.23. The first-order valence-electron chi connectivity index (χ1n) is 5.98. The normalized spacial score (nSPS) is 12.7. The molecule has 0 radical (unpaired) electrons. The summed E-state index contributed by atoms with van der Waals surface area (Å²) in [6, 6.07) is 11.9. The molecule has 0 aliphatic carbocycles. The summed E-state index contributed by atoms with van der Waals surface area (Å²) in [7, 11) is 0. The molecule has 4 heteroatoms. The van der Waals surface area contributed by atoms with Gasteiger partial charge in [-0.2, -0.15) is 0 Å². The van der Waals surface area contributed by atoms with Crippen molar-refractivity contribution < 1.29 is 5.11 Å². The molecule has 19 heavy (non-hydrogen) atoms. The number of hydrogen-bond acceptors (Lipinski definition) is 3. The Labute approximate surface area is 123 Å². The second-order valence-electron chi connectivity index (χ2n) is 4.37. The molecule has 3 rings (SSSR count). The van der Waals surface area contributed by atoms with E-state index in [9.17, 15) is 5.11 Å².